The van der Waals surface area contributed by atoms with E-state index >= 15 is 0 Å². The largest absolute Gasteiger partial charge is 0.491 e. The Morgan fingerprint density at radius 1 is 0.729 bits per heavy atom. The van der Waals surface area contributed by atoms with Gasteiger partial charge in [-0.3, -0.25) is 14.4 Å². The van der Waals surface area contributed by atoms with Gasteiger partial charge in [0.1, 0.15) is 0 Å². The van der Waals surface area contributed by atoms with E-state index in [1.165, 1.54) is 0 Å². The number of amides is 4. The first-order chi connectivity index (χ1) is 22.9. The van der Waals surface area contributed by atoms with Crippen LogP contribution in [0.4, 0.5) is 18.0 Å². The second-order valence-corrected chi connectivity index (χ2v) is 10.8. The number of rotatable bonds is 12. The Bertz CT molecular complexity index is 1760. The van der Waals surface area contributed by atoms with Gasteiger partial charge >= 0.3 is 24.1 Å². The lowest BCUT2D eigenvalue weighted by Gasteiger charge is -2.19. The lowest BCUT2D eigenvalue weighted by Crippen LogP contribution is -2.41. The van der Waals surface area contributed by atoms with E-state index in [1.54, 1.807) is 24.3 Å². The zero-order valence-electron chi connectivity index (χ0n) is 25.8. The fraction of sp³-hybridized carbons (Fsp3) is 0.229. The summed E-state index contributed by atoms with van der Waals surface area (Å²) in [5.74, 6) is -5.50. The van der Waals surface area contributed by atoms with Crippen molar-refractivity contribution in [2.45, 2.75) is 38.0 Å². The SMILES string of the molecule is C[C@H](NC(=O)NCCC(=O)NCC(=O)NC(CC(=O)OC(=O)C(F)(F)F)c1ccc(-c2ccccc2)cc1)c1cccc2ccccc12. The molecule has 13 heteroatoms. The predicted octanol–water partition coefficient (Wildman–Crippen LogP) is 5.25. The van der Waals surface area contributed by atoms with Crippen molar-refractivity contribution >= 4 is 40.6 Å². The summed E-state index contributed by atoms with van der Waals surface area (Å²) in [5, 5.41) is 12.3. The summed E-state index contributed by atoms with van der Waals surface area (Å²) >= 11 is 0. The number of fused-ring (bicyclic) bond motifs is 1. The molecule has 0 aromatic heterocycles. The van der Waals surface area contributed by atoms with Crippen molar-refractivity contribution in [1.82, 2.24) is 21.3 Å². The molecule has 0 bridgehead atoms. The van der Waals surface area contributed by atoms with E-state index in [4.69, 9.17) is 0 Å². The van der Waals surface area contributed by atoms with Gasteiger partial charge in [-0.25, -0.2) is 9.59 Å². The summed E-state index contributed by atoms with van der Waals surface area (Å²) in [6.07, 6.45) is -6.32. The van der Waals surface area contributed by atoms with Crippen LogP contribution in [-0.2, 0) is 23.9 Å². The average molecular weight is 663 g/mol. The molecule has 4 amide bonds. The van der Waals surface area contributed by atoms with E-state index in [2.05, 4.69) is 26.0 Å². The molecule has 0 fully saturated rings. The number of hydrogen-bond acceptors (Lipinski definition) is 6. The van der Waals surface area contributed by atoms with Crippen LogP contribution in [0.1, 0.15) is 43.0 Å². The van der Waals surface area contributed by atoms with Gasteiger partial charge in [-0.05, 0) is 39.9 Å². The van der Waals surface area contributed by atoms with Crippen LogP contribution in [0, 0.1) is 0 Å². The maximum absolute atomic E-state index is 12.7. The molecule has 4 aromatic carbocycles. The summed E-state index contributed by atoms with van der Waals surface area (Å²) in [6.45, 7) is 1.28. The van der Waals surface area contributed by atoms with Crippen LogP contribution in [0.2, 0.25) is 0 Å². The molecular weight excluding hydrogens is 629 g/mol. The van der Waals surface area contributed by atoms with E-state index in [9.17, 15) is 37.1 Å². The topological polar surface area (TPSA) is 143 Å². The monoisotopic (exact) mass is 662 g/mol. The molecule has 0 aliphatic heterocycles. The molecule has 48 heavy (non-hydrogen) atoms. The highest BCUT2D eigenvalue weighted by atomic mass is 19.4. The molecule has 0 aliphatic carbocycles. The van der Waals surface area contributed by atoms with E-state index in [0.29, 0.717) is 5.56 Å². The fourth-order valence-electron chi connectivity index (χ4n) is 4.92. The average Bonchev–Trinajstić information content (AvgIpc) is 3.06. The first-order valence-electron chi connectivity index (χ1n) is 15.0. The highest BCUT2D eigenvalue weighted by Gasteiger charge is 2.42. The van der Waals surface area contributed by atoms with Crippen LogP contribution in [0.15, 0.2) is 97.1 Å². The van der Waals surface area contributed by atoms with Crippen molar-refractivity contribution in [2.75, 3.05) is 13.1 Å². The first-order valence-corrected chi connectivity index (χ1v) is 15.0. The lowest BCUT2D eigenvalue weighted by molar-refractivity contribution is -0.202. The third-order valence-electron chi connectivity index (χ3n) is 7.29. The maximum Gasteiger partial charge on any atom is 0.491 e. The summed E-state index contributed by atoms with van der Waals surface area (Å²) in [5.41, 5.74) is 2.96. The van der Waals surface area contributed by atoms with Crippen molar-refractivity contribution < 1.29 is 41.9 Å². The third-order valence-corrected chi connectivity index (χ3v) is 7.29. The Morgan fingerprint density at radius 2 is 1.38 bits per heavy atom. The molecule has 4 aromatic rings. The van der Waals surface area contributed by atoms with Gasteiger partial charge in [0.2, 0.25) is 11.8 Å². The highest BCUT2D eigenvalue weighted by molar-refractivity contribution is 5.90. The number of nitrogens with one attached hydrogen (secondary N) is 4. The maximum atomic E-state index is 12.7. The van der Waals surface area contributed by atoms with Crippen LogP contribution in [0.3, 0.4) is 0 Å². The third kappa shape index (κ3) is 10.1. The fourth-order valence-corrected chi connectivity index (χ4v) is 4.92. The minimum atomic E-state index is -5.37. The number of alkyl halides is 3. The molecule has 0 aliphatic rings. The molecule has 0 spiro atoms. The molecule has 0 saturated carbocycles. The van der Waals surface area contributed by atoms with Crippen LogP contribution >= 0.6 is 0 Å². The van der Waals surface area contributed by atoms with Crippen molar-refractivity contribution in [2.24, 2.45) is 0 Å². The summed E-state index contributed by atoms with van der Waals surface area (Å²) < 4.78 is 41.7. The van der Waals surface area contributed by atoms with E-state index in [1.807, 2.05) is 79.7 Å². The van der Waals surface area contributed by atoms with Crippen LogP contribution in [0.5, 0.6) is 0 Å². The second kappa shape index (κ2) is 16.2. The quantitative estimate of drug-likeness (QED) is 0.121. The van der Waals surface area contributed by atoms with Gasteiger partial charge in [-0.2, -0.15) is 13.2 Å². The number of hydrogen-bond donors (Lipinski definition) is 4. The predicted molar refractivity (Wildman–Crippen MR) is 171 cm³/mol. The number of ether oxygens (including phenoxy) is 1. The van der Waals surface area contributed by atoms with Crippen molar-refractivity contribution in [3.05, 3.63) is 108 Å². The summed E-state index contributed by atoms with van der Waals surface area (Å²) in [6, 6.07) is 27.4. The molecule has 1 unspecified atom stereocenters. The Kier molecular flexibility index (Phi) is 11.9. The van der Waals surface area contributed by atoms with Gasteiger partial charge in [-0.15, -0.1) is 0 Å². The normalized spacial score (nSPS) is 12.3. The molecule has 10 nitrogen and oxygen atoms in total. The minimum absolute atomic E-state index is 0.0307. The van der Waals surface area contributed by atoms with Crippen LogP contribution < -0.4 is 21.3 Å². The summed E-state index contributed by atoms with van der Waals surface area (Å²) in [4.78, 5) is 60.9. The van der Waals surface area contributed by atoms with E-state index in [-0.39, 0.29) is 19.0 Å². The lowest BCUT2D eigenvalue weighted by atomic mass is 9.99. The number of esters is 2. The molecule has 0 heterocycles. The van der Waals surface area contributed by atoms with Gasteiger partial charge < -0.3 is 26.0 Å². The van der Waals surface area contributed by atoms with Gasteiger partial charge in [0.25, 0.3) is 0 Å². The smallest absolute Gasteiger partial charge is 0.386 e. The molecule has 250 valence electrons. The Balaban J connectivity index is 1.28. The van der Waals surface area contributed by atoms with Crippen molar-refractivity contribution in [3.63, 3.8) is 0 Å². The molecular formula is C35H33F3N4O6. The molecule has 2 atom stereocenters. The Hall–Kier alpha value is -5.72. The van der Waals surface area contributed by atoms with Gasteiger partial charge in [0.05, 0.1) is 25.0 Å². The van der Waals surface area contributed by atoms with Crippen LogP contribution in [-0.4, -0.2) is 49.0 Å². The molecule has 4 rings (SSSR count). The van der Waals surface area contributed by atoms with E-state index < -0.39 is 55.0 Å². The van der Waals surface area contributed by atoms with Crippen LogP contribution in [0.25, 0.3) is 21.9 Å². The number of halogens is 3. The number of carbonyl (C=O) groups is 5. The molecule has 4 N–H and O–H groups in total. The minimum Gasteiger partial charge on any atom is -0.386 e. The standard InChI is InChI=1S/C35H33F3N4O6/c1-22(27-13-7-11-25-10-5-6-12-28(25)27)41-34(47)39-19-18-30(43)40-21-31(44)42-29(20-32(45)48-33(46)35(36,37)38)26-16-14-24(15-17-26)23-8-3-2-4-9-23/h2-17,22,29H,18-21H2,1H3,(H,40,43)(H,42,44)(H2,39,41,47)/t22-,29?/m0/s1. The first kappa shape index (κ1) is 35.1. The summed E-state index contributed by atoms with van der Waals surface area (Å²) in [7, 11) is 0. The number of urea groups is 1. The van der Waals surface area contributed by atoms with Gasteiger partial charge in [0, 0.05) is 13.0 Å². The number of benzene rings is 4. The van der Waals surface area contributed by atoms with Crippen molar-refractivity contribution in [3.8, 4) is 11.1 Å². The molecule has 0 saturated heterocycles. The second-order valence-electron chi connectivity index (χ2n) is 10.8. The Morgan fingerprint density at radius 3 is 2.08 bits per heavy atom. The number of carbonyl (C=O) groups excluding carboxylic acids is 5. The highest BCUT2D eigenvalue weighted by Crippen LogP contribution is 2.26. The zero-order chi connectivity index (χ0) is 34.7. The van der Waals surface area contributed by atoms with Gasteiger partial charge in [-0.1, -0.05) is 97.1 Å². The Labute approximate surface area is 274 Å². The van der Waals surface area contributed by atoms with E-state index in [0.717, 1.165) is 27.5 Å². The van der Waals surface area contributed by atoms with Crippen molar-refractivity contribution in [1.29, 1.82) is 0 Å². The zero-order valence-corrected chi connectivity index (χ0v) is 25.8. The molecule has 0 radical (unpaired) electrons. The van der Waals surface area contributed by atoms with Gasteiger partial charge in [0.15, 0.2) is 0 Å².